The molecule has 0 saturated carbocycles. The first kappa shape index (κ1) is 23.7. The highest BCUT2D eigenvalue weighted by atomic mass is 17.2. The Bertz CT molecular complexity index is 589. The van der Waals surface area contributed by atoms with Gasteiger partial charge in [-0.1, -0.05) is 0 Å². The van der Waals surface area contributed by atoms with Crippen molar-refractivity contribution in [2.24, 2.45) is 0 Å². The van der Waals surface area contributed by atoms with Crippen molar-refractivity contribution in [2.45, 2.75) is 56.4 Å². The molecule has 5 atom stereocenters. The number of hydrogen-bond acceptors (Lipinski definition) is 14. The highest BCUT2D eigenvalue weighted by Crippen LogP contribution is 2.27. The predicted molar refractivity (Wildman–Crippen MR) is 78.8 cm³/mol. The minimum atomic E-state index is -2.58. The number of rotatable bonds is 6. The molecule has 2 unspecified atom stereocenters. The van der Waals surface area contributed by atoms with E-state index in [4.69, 9.17) is 9.84 Å². The Kier molecular flexibility index (Phi) is 8.67. The molecule has 0 aromatic heterocycles. The lowest BCUT2D eigenvalue weighted by Crippen LogP contribution is -2.61. The molecule has 0 spiro atoms. The van der Waals surface area contributed by atoms with Gasteiger partial charge in [-0.15, -0.1) is 0 Å². The highest BCUT2D eigenvalue weighted by Gasteiger charge is 2.50. The van der Waals surface area contributed by atoms with Crippen molar-refractivity contribution in [3.05, 3.63) is 0 Å². The van der Waals surface area contributed by atoms with Crippen LogP contribution in [0, 0.1) is 0 Å². The van der Waals surface area contributed by atoms with Crippen LogP contribution >= 0.6 is 0 Å². The topological polar surface area (TPSA) is 216 Å². The zero-order valence-corrected chi connectivity index (χ0v) is 14.5. The van der Waals surface area contributed by atoms with Crippen LogP contribution in [0.2, 0.25) is 0 Å². The molecule has 14 nitrogen and oxygen atoms in total. The predicted octanol–water partition coefficient (Wildman–Crippen LogP) is -3.66. The molecule has 14 heteroatoms. The third-order valence-corrected chi connectivity index (χ3v) is 3.40. The number of ether oxygens (including phenoxy) is 1. The minimum absolute atomic E-state index is 0.580. The molecule has 0 aliphatic carbocycles. The fourth-order valence-electron chi connectivity index (χ4n) is 1.82. The van der Waals surface area contributed by atoms with E-state index in [-0.39, 0.29) is 0 Å². The number of aliphatic hydroxyl groups is 5. The van der Waals surface area contributed by atoms with Crippen molar-refractivity contribution in [1.82, 2.24) is 0 Å². The first-order chi connectivity index (χ1) is 13.0. The molecule has 1 aliphatic rings. The normalized spacial score (nSPS) is 28.0. The lowest BCUT2D eigenvalue weighted by atomic mass is 9.94. The van der Waals surface area contributed by atoms with E-state index in [0.29, 0.717) is 0 Å². The van der Waals surface area contributed by atoms with Crippen LogP contribution in [0.15, 0.2) is 0 Å². The zero-order valence-electron chi connectivity index (χ0n) is 14.5. The van der Waals surface area contributed by atoms with Crippen LogP contribution in [-0.4, -0.2) is 86.2 Å². The molecule has 0 amide bonds. The fraction of sp³-hybridized carbons (Fsp3) is 0.714. The summed E-state index contributed by atoms with van der Waals surface area (Å²) in [6, 6.07) is 0. The molecule has 0 aromatic rings. The largest absolute Gasteiger partial charge is 0.388 e. The van der Waals surface area contributed by atoms with Crippen LogP contribution in [0.25, 0.3) is 0 Å². The molecule has 0 radical (unpaired) electrons. The van der Waals surface area contributed by atoms with Crippen molar-refractivity contribution in [3.63, 3.8) is 0 Å². The highest BCUT2D eigenvalue weighted by molar-refractivity contribution is 5.79. The van der Waals surface area contributed by atoms with E-state index in [1.807, 2.05) is 0 Å². The molecule has 28 heavy (non-hydrogen) atoms. The molecule has 5 N–H and O–H groups in total. The van der Waals surface area contributed by atoms with E-state index >= 15 is 0 Å². The Labute approximate surface area is 157 Å². The quantitative estimate of drug-likeness (QED) is 0.210. The molecule has 1 fully saturated rings. The van der Waals surface area contributed by atoms with Gasteiger partial charge in [0.1, 0.15) is 24.7 Å². The fourth-order valence-corrected chi connectivity index (χ4v) is 1.82. The summed E-state index contributed by atoms with van der Waals surface area (Å²) in [5.74, 6) is -7.54. The Balaban J connectivity index is 2.32. The summed E-state index contributed by atoms with van der Waals surface area (Å²) in [5.41, 5.74) is 0. The third kappa shape index (κ3) is 6.99. The number of carbonyl (C=O) groups is 4. The van der Waals surface area contributed by atoms with Crippen molar-refractivity contribution < 1.29 is 69.0 Å². The SMILES string of the molecule is CC(O)C(=O)OOC(=O)CCC(=O)OOC(=O)CC1(O)OC[C@@H](O)[C@H](O)[C@H]1O. The van der Waals surface area contributed by atoms with Gasteiger partial charge in [0.05, 0.1) is 19.4 Å². The van der Waals surface area contributed by atoms with Crippen molar-refractivity contribution >= 4 is 23.9 Å². The maximum absolute atomic E-state index is 11.6. The summed E-state index contributed by atoms with van der Waals surface area (Å²) in [6.45, 7) is 0.488. The second-order valence-corrected chi connectivity index (χ2v) is 5.78. The maximum atomic E-state index is 11.6. The first-order valence-electron chi connectivity index (χ1n) is 7.86. The van der Waals surface area contributed by atoms with Gasteiger partial charge in [0.25, 0.3) is 0 Å². The molecule has 160 valence electrons. The minimum Gasteiger partial charge on any atom is -0.388 e. The second-order valence-electron chi connectivity index (χ2n) is 5.78. The van der Waals surface area contributed by atoms with Crippen molar-refractivity contribution in [3.8, 4) is 0 Å². The van der Waals surface area contributed by atoms with Gasteiger partial charge in [-0.3, -0.25) is 0 Å². The van der Waals surface area contributed by atoms with E-state index in [9.17, 15) is 39.6 Å². The van der Waals surface area contributed by atoms with Crippen LogP contribution < -0.4 is 0 Å². The lowest BCUT2D eigenvalue weighted by molar-refractivity contribution is -0.327. The first-order valence-corrected chi connectivity index (χ1v) is 7.86. The van der Waals surface area contributed by atoms with Gasteiger partial charge < -0.3 is 30.3 Å². The summed E-state index contributed by atoms with van der Waals surface area (Å²) in [5, 5.41) is 47.2. The Hall–Kier alpha value is -2.36. The maximum Gasteiger partial charge on any atom is 0.383 e. The molecule has 1 saturated heterocycles. The van der Waals surface area contributed by atoms with E-state index in [0.717, 1.165) is 6.92 Å². The molecular formula is C14H20O14. The Morgan fingerprint density at radius 1 is 1.00 bits per heavy atom. The van der Waals surface area contributed by atoms with Gasteiger partial charge in [-0.2, -0.15) is 0 Å². The van der Waals surface area contributed by atoms with E-state index in [1.165, 1.54) is 0 Å². The number of carbonyl (C=O) groups excluding carboxylic acids is 4. The van der Waals surface area contributed by atoms with Gasteiger partial charge in [-0.05, 0) is 6.92 Å². The van der Waals surface area contributed by atoms with Crippen LogP contribution in [0.5, 0.6) is 0 Å². The van der Waals surface area contributed by atoms with Crippen LogP contribution in [0.1, 0.15) is 26.2 Å². The van der Waals surface area contributed by atoms with Crippen LogP contribution in [-0.2, 0) is 43.5 Å². The summed E-state index contributed by atoms with van der Waals surface area (Å²) in [4.78, 5) is 61.1. The van der Waals surface area contributed by atoms with Gasteiger partial charge >= 0.3 is 23.9 Å². The van der Waals surface area contributed by atoms with Gasteiger partial charge in [0.2, 0.25) is 5.79 Å². The van der Waals surface area contributed by atoms with E-state index in [1.54, 1.807) is 0 Å². The summed E-state index contributed by atoms with van der Waals surface area (Å²) in [7, 11) is 0. The molecule has 1 rings (SSSR count). The van der Waals surface area contributed by atoms with Gasteiger partial charge in [0, 0.05) is 0 Å². The molecular weight excluding hydrogens is 392 g/mol. The summed E-state index contributed by atoms with van der Waals surface area (Å²) >= 11 is 0. The van der Waals surface area contributed by atoms with Crippen LogP contribution in [0.3, 0.4) is 0 Å². The average Bonchev–Trinajstić information content (AvgIpc) is 2.64. The summed E-state index contributed by atoms with van der Waals surface area (Å²) in [6.07, 6.45) is -9.16. The Morgan fingerprint density at radius 3 is 2.04 bits per heavy atom. The summed E-state index contributed by atoms with van der Waals surface area (Å²) < 4.78 is 4.71. The van der Waals surface area contributed by atoms with Crippen molar-refractivity contribution in [2.75, 3.05) is 6.61 Å². The molecule has 0 aromatic carbocycles. The van der Waals surface area contributed by atoms with Crippen LogP contribution in [0.4, 0.5) is 0 Å². The molecule has 1 heterocycles. The van der Waals surface area contributed by atoms with Crippen molar-refractivity contribution in [1.29, 1.82) is 0 Å². The Morgan fingerprint density at radius 2 is 1.50 bits per heavy atom. The third-order valence-electron chi connectivity index (χ3n) is 3.40. The molecule has 0 bridgehead atoms. The smallest absolute Gasteiger partial charge is 0.383 e. The average molecular weight is 412 g/mol. The van der Waals surface area contributed by atoms with Gasteiger partial charge in [0.15, 0.2) is 6.10 Å². The van der Waals surface area contributed by atoms with E-state index < -0.39 is 79.9 Å². The van der Waals surface area contributed by atoms with E-state index in [2.05, 4.69) is 19.6 Å². The standard InChI is InChI=1S/C14H20O14/c1-6(15)13(22)28-26-9(18)3-2-8(17)25-27-10(19)4-14(23)12(21)11(20)7(16)5-24-14/h6-7,11-12,15-16,20-21,23H,2-5H2,1H3/t6?,7-,11+,12-,14?/m1/s1. The number of hydrogen-bond donors (Lipinski definition) is 5. The number of aliphatic hydroxyl groups excluding tert-OH is 4. The lowest BCUT2D eigenvalue weighted by Gasteiger charge is -2.40. The molecule has 1 aliphatic heterocycles. The zero-order chi connectivity index (χ0) is 21.5. The second kappa shape index (κ2) is 10.3. The van der Waals surface area contributed by atoms with Gasteiger partial charge in [-0.25, -0.2) is 38.7 Å². The monoisotopic (exact) mass is 412 g/mol.